The summed E-state index contributed by atoms with van der Waals surface area (Å²) in [6.07, 6.45) is 3.93. The monoisotopic (exact) mass is 185 g/mol. The Morgan fingerprint density at radius 1 is 1.36 bits per heavy atom. The van der Waals surface area contributed by atoms with Crippen LogP contribution in [0.1, 0.15) is 17.2 Å². The molecule has 3 nitrogen and oxygen atoms in total. The van der Waals surface area contributed by atoms with Crippen molar-refractivity contribution in [1.29, 1.82) is 5.26 Å². The van der Waals surface area contributed by atoms with Crippen molar-refractivity contribution >= 4 is 0 Å². The van der Waals surface area contributed by atoms with Gasteiger partial charge in [0.1, 0.15) is 0 Å². The lowest BCUT2D eigenvalue weighted by Gasteiger charge is -2.20. The van der Waals surface area contributed by atoms with Gasteiger partial charge in [-0.05, 0) is 23.9 Å². The minimum Gasteiger partial charge on any atom is -0.379 e. The van der Waals surface area contributed by atoms with E-state index < -0.39 is 0 Å². The summed E-state index contributed by atoms with van der Waals surface area (Å²) in [5.41, 5.74) is 1.77. The van der Waals surface area contributed by atoms with E-state index in [1.165, 1.54) is 0 Å². The lowest BCUT2D eigenvalue weighted by molar-refractivity contribution is 0.563. The minimum absolute atomic E-state index is 0.145. The van der Waals surface area contributed by atoms with Crippen LogP contribution in [0.2, 0.25) is 0 Å². The van der Waals surface area contributed by atoms with Crippen molar-refractivity contribution in [2.24, 2.45) is 0 Å². The maximum atomic E-state index is 8.93. The van der Waals surface area contributed by atoms with Gasteiger partial charge in [-0.3, -0.25) is 5.32 Å². The summed E-state index contributed by atoms with van der Waals surface area (Å²) in [6, 6.07) is 10.00. The number of rotatable bonds is 1. The first-order valence-electron chi connectivity index (χ1n) is 4.54. The first-order chi connectivity index (χ1) is 6.92. The van der Waals surface area contributed by atoms with Gasteiger partial charge in [0.15, 0.2) is 0 Å². The maximum Gasteiger partial charge on any atom is 0.0995 e. The summed E-state index contributed by atoms with van der Waals surface area (Å²) in [7, 11) is 0. The Hall–Kier alpha value is -1.79. The van der Waals surface area contributed by atoms with Gasteiger partial charge < -0.3 is 5.32 Å². The van der Waals surface area contributed by atoms with Crippen molar-refractivity contribution in [3.63, 3.8) is 0 Å². The molecule has 0 amide bonds. The highest BCUT2D eigenvalue weighted by molar-refractivity contribution is 5.41. The van der Waals surface area contributed by atoms with Crippen molar-refractivity contribution in [2.75, 3.05) is 6.67 Å². The van der Waals surface area contributed by atoms with E-state index in [2.05, 4.69) is 16.7 Å². The van der Waals surface area contributed by atoms with Crippen molar-refractivity contribution in [3.05, 3.63) is 47.7 Å². The van der Waals surface area contributed by atoms with Crippen LogP contribution in [0.4, 0.5) is 0 Å². The molecular formula is C11H11N3. The molecule has 1 aromatic rings. The smallest absolute Gasteiger partial charge is 0.0995 e. The molecule has 2 rings (SSSR count). The third-order valence-electron chi connectivity index (χ3n) is 2.25. The Bertz CT molecular complexity index is 390. The Balaban J connectivity index is 2.35. The molecule has 1 aliphatic heterocycles. The number of nitrogens with one attached hydrogen (secondary N) is 2. The van der Waals surface area contributed by atoms with Crippen molar-refractivity contribution in [3.8, 4) is 6.07 Å². The molecule has 70 valence electrons. The standard InChI is InChI=1S/C11H11N3/c12-7-9-3-1-2-4-10(9)11-5-6-13-8-14-11/h1-6,11,13-14H,8H2. The van der Waals surface area contributed by atoms with E-state index in [1.807, 2.05) is 36.5 Å². The van der Waals surface area contributed by atoms with E-state index in [0.717, 1.165) is 17.8 Å². The van der Waals surface area contributed by atoms with Crippen LogP contribution in [0, 0.1) is 11.3 Å². The molecule has 1 aromatic carbocycles. The van der Waals surface area contributed by atoms with E-state index in [0.29, 0.717) is 0 Å². The molecule has 0 fully saturated rings. The normalized spacial score (nSPS) is 19.8. The van der Waals surface area contributed by atoms with E-state index >= 15 is 0 Å². The number of nitrogens with zero attached hydrogens (tertiary/aromatic N) is 1. The lowest BCUT2D eigenvalue weighted by atomic mass is 10.0. The second kappa shape index (κ2) is 3.95. The highest BCUT2D eigenvalue weighted by atomic mass is 15.1. The Kier molecular flexibility index (Phi) is 2.48. The van der Waals surface area contributed by atoms with Crippen LogP contribution in [0.5, 0.6) is 0 Å². The van der Waals surface area contributed by atoms with Crippen molar-refractivity contribution in [1.82, 2.24) is 10.6 Å². The van der Waals surface area contributed by atoms with Gasteiger partial charge in [-0.25, -0.2) is 0 Å². The first kappa shape index (κ1) is 8.79. The first-order valence-corrected chi connectivity index (χ1v) is 4.54. The molecular weight excluding hydrogens is 174 g/mol. The molecule has 0 saturated carbocycles. The number of hydrogen-bond acceptors (Lipinski definition) is 3. The van der Waals surface area contributed by atoms with E-state index in [9.17, 15) is 0 Å². The predicted molar refractivity (Wildman–Crippen MR) is 54.2 cm³/mol. The second-order valence-electron chi connectivity index (χ2n) is 3.12. The summed E-state index contributed by atoms with van der Waals surface area (Å²) < 4.78 is 0. The van der Waals surface area contributed by atoms with Crippen LogP contribution >= 0.6 is 0 Å². The van der Waals surface area contributed by atoms with E-state index in [4.69, 9.17) is 5.26 Å². The Morgan fingerprint density at radius 2 is 2.21 bits per heavy atom. The fourth-order valence-corrected chi connectivity index (χ4v) is 1.54. The summed E-state index contributed by atoms with van der Waals surface area (Å²) in [5.74, 6) is 0. The zero-order chi connectivity index (χ0) is 9.80. The third kappa shape index (κ3) is 1.61. The predicted octanol–water partition coefficient (Wildman–Crippen LogP) is 1.26. The van der Waals surface area contributed by atoms with Crippen molar-refractivity contribution in [2.45, 2.75) is 6.04 Å². The van der Waals surface area contributed by atoms with Gasteiger partial charge in [-0.15, -0.1) is 0 Å². The average molecular weight is 185 g/mol. The molecule has 14 heavy (non-hydrogen) atoms. The zero-order valence-electron chi connectivity index (χ0n) is 7.70. The number of hydrogen-bond donors (Lipinski definition) is 2. The van der Waals surface area contributed by atoms with Crippen LogP contribution in [0.3, 0.4) is 0 Å². The van der Waals surface area contributed by atoms with Crippen LogP contribution in [-0.2, 0) is 0 Å². The van der Waals surface area contributed by atoms with E-state index in [-0.39, 0.29) is 6.04 Å². The Labute approximate surface area is 83.1 Å². The fourth-order valence-electron chi connectivity index (χ4n) is 1.54. The van der Waals surface area contributed by atoms with Gasteiger partial charge >= 0.3 is 0 Å². The quantitative estimate of drug-likeness (QED) is 0.692. The van der Waals surface area contributed by atoms with E-state index in [1.54, 1.807) is 0 Å². The highest BCUT2D eigenvalue weighted by Gasteiger charge is 2.12. The van der Waals surface area contributed by atoms with Gasteiger partial charge in [0.25, 0.3) is 0 Å². The highest BCUT2D eigenvalue weighted by Crippen LogP contribution is 2.19. The van der Waals surface area contributed by atoms with Crippen molar-refractivity contribution < 1.29 is 0 Å². The molecule has 0 bridgehead atoms. The largest absolute Gasteiger partial charge is 0.379 e. The summed E-state index contributed by atoms with van der Waals surface area (Å²) in [4.78, 5) is 0. The van der Waals surface area contributed by atoms with Crippen LogP contribution in [0.15, 0.2) is 36.5 Å². The SMILES string of the molecule is N#Cc1ccccc1C1C=CNCN1. The van der Waals surface area contributed by atoms with Gasteiger partial charge in [0.2, 0.25) is 0 Å². The number of benzene rings is 1. The fraction of sp³-hybridized carbons (Fsp3) is 0.182. The zero-order valence-corrected chi connectivity index (χ0v) is 7.70. The number of nitriles is 1. The van der Waals surface area contributed by atoms with Gasteiger partial charge in [0.05, 0.1) is 24.3 Å². The third-order valence-corrected chi connectivity index (χ3v) is 2.25. The summed E-state index contributed by atoms with van der Waals surface area (Å²) in [6.45, 7) is 0.737. The molecule has 1 unspecified atom stereocenters. The van der Waals surface area contributed by atoms with Gasteiger partial charge in [0, 0.05) is 0 Å². The molecule has 1 aliphatic rings. The molecule has 0 aromatic heterocycles. The van der Waals surface area contributed by atoms with Crippen LogP contribution in [0.25, 0.3) is 0 Å². The Morgan fingerprint density at radius 3 is 2.93 bits per heavy atom. The molecule has 0 saturated heterocycles. The maximum absolute atomic E-state index is 8.93. The average Bonchev–Trinajstić information content (AvgIpc) is 2.30. The lowest BCUT2D eigenvalue weighted by Crippen LogP contribution is -2.32. The second-order valence-corrected chi connectivity index (χ2v) is 3.12. The van der Waals surface area contributed by atoms with Gasteiger partial charge in [-0.1, -0.05) is 18.2 Å². The molecule has 0 spiro atoms. The molecule has 3 heteroatoms. The molecule has 1 heterocycles. The summed E-state index contributed by atoms with van der Waals surface area (Å²) >= 11 is 0. The summed E-state index contributed by atoms with van der Waals surface area (Å²) in [5, 5.41) is 15.2. The molecule has 0 aliphatic carbocycles. The molecule has 1 atom stereocenters. The van der Waals surface area contributed by atoms with Crippen LogP contribution < -0.4 is 10.6 Å². The topological polar surface area (TPSA) is 47.9 Å². The minimum atomic E-state index is 0.145. The molecule has 2 N–H and O–H groups in total. The molecule has 0 radical (unpaired) electrons. The van der Waals surface area contributed by atoms with Gasteiger partial charge in [-0.2, -0.15) is 5.26 Å². The van der Waals surface area contributed by atoms with Crippen LogP contribution in [-0.4, -0.2) is 6.67 Å².